The van der Waals surface area contributed by atoms with E-state index >= 15 is 0 Å². The predicted molar refractivity (Wildman–Crippen MR) is 37.6 cm³/mol. The van der Waals surface area contributed by atoms with E-state index in [9.17, 15) is 4.79 Å². The first-order valence-corrected chi connectivity index (χ1v) is 3.37. The highest BCUT2D eigenvalue weighted by Gasteiger charge is 2.11. The third-order valence-electron chi connectivity index (χ3n) is 0.916. The maximum atomic E-state index is 10.0. The molecule has 0 atom stereocenters. The largest absolute Gasteiger partial charge is 0.486 e. The average molecular weight is 144 g/mol. The molecule has 0 aliphatic carbocycles. The lowest BCUT2D eigenvalue weighted by atomic mass is 10.4. The lowest BCUT2D eigenvalue weighted by molar-refractivity contribution is -0.136. The van der Waals surface area contributed by atoms with Crippen LogP contribution in [0.25, 0.3) is 0 Å². The number of carbonyl (C=O) groups is 1. The summed E-state index contributed by atoms with van der Waals surface area (Å²) in [6.45, 7) is 4.52. The summed E-state index contributed by atoms with van der Waals surface area (Å²) in [4.78, 5) is 10.0. The van der Waals surface area contributed by atoms with E-state index < -0.39 is 5.97 Å². The van der Waals surface area contributed by atoms with E-state index in [1.165, 1.54) is 0 Å². The molecule has 1 N–H and O–H groups in total. The molecule has 0 aromatic rings. The van der Waals surface area contributed by atoms with Crippen LogP contribution in [0.1, 0.15) is 20.3 Å². The Morgan fingerprint density at radius 2 is 2.30 bits per heavy atom. The van der Waals surface area contributed by atoms with Gasteiger partial charge in [0.25, 0.3) is 0 Å². The molecule has 0 bridgehead atoms. The maximum absolute atomic E-state index is 10.0. The van der Waals surface area contributed by atoms with Gasteiger partial charge < -0.3 is 9.84 Å². The van der Waals surface area contributed by atoms with Gasteiger partial charge in [-0.1, -0.05) is 13.8 Å². The number of ether oxygens (including phenoxy) is 1. The number of hydrogen-bond acceptors (Lipinski definition) is 2. The van der Waals surface area contributed by atoms with Crippen LogP contribution >= 0.6 is 0 Å². The Morgan fingerprint density at radius 3 is 2.50 bits per heavy atom. The topological polar surface area (TPSA) is 46.5 Å². The molecule has 0 unspecified atom stereocenters. The first-order valence-electron chi connectivity index (χ1n) is 3.37. The molecule has 1 aliphatic rings. The third kappa shape index (κ3) is 2.53. The summed E-state index contributed by atoms with van der Waals surface area (Å²) in [5.41, 5.74) is 0. The third-order valence-corrected chi connectivity index (χ3v) is 0.916. The van der Waals surface area contributed by atoms with E-state index in [1.54, 1.807) is 6.08 Å². The Hall–Kier alpha value is -0.990. The van der Waals surface area contributed by atoms with E-state index in [4.69, 9.17) is 5.11 Å². The zero-order valence-electron chi connectivity index (χ0n) is 6.26. The number of carboxylic acid groups (broad SMARTS) is 1. The van der Waals surface area contributed by atoms with Crippen LogP contribution in [0.3, 0.4) is 0 Å². The van der Waals surface area contributed by atoms with Gasteiger partial charge in [-0.05, 0) is 6.08 Å². The summed E-state index contributed by atoms with van der Waals surface area (Å²) < 4.78 is 4.68. The highest BCUT2D eigenvalue weighted by molar-refractivity contribution is 5.84. The van der Waals surface area contributed by atoms with Crippen molar-refractivity contribution >= 4 is 5.97 Å². The Balaban J connectivity index is 0.000000371. The van der Waals surface area contributed by atoms with Crippen molar-refractivity contribution in [2.75, 3.05) is 6.61 Å². The van der Waals surface area contributed by atoms with Crippen LogP contribution in [0.4, 0.5) is 0 Å². The van der Waals surface area contributed by atoms with Crippen molar-refractivity contribution in [2.24, 2.45) is 0 Å². The van der Waals surface area contributed by atoms with Crippen molar-refractivity contribution in [3.63, 3.8) is 0 Å². The minimum Gasteiger partial charge on any atom is -0.486 e. The van der Waals surface area contributed by atoms with Gasteiger partial charge >= 0.3 is 5.97 Å². The van der Waals surface area contributed by atoms with Gasteiger partial charge in [0, 0.05) is 6.42 Å². The molecule has 0 fully saturated rings. The van der Waals surface area contributed by atoms with E-state index in [-0.39, 0.29) is 5.76 Å². The Bertz CT molecular complexity index is 138. The summed E-state index contributed by atoms with van der Waals surface area (Å²) in [6, 6.07) is 0. The highest BCUT2D eigenvalue weighted by atomic mass is 16.5. The molecule has 0 saturated carbocycles. The second-order valence-electron chi connectivity index (χ2n) is 1.51. The van der Waals surface area contributed by atoms with Gasteiger partial charge in [-0.2, -0.15) is 0 Å². The van der Waals surface area contributed by atoms with Crippen LogP contribution in [0, 0.1) is 0 Å². The SMILES string of the molecule is CC.O=C(O)C1=CCCO1. The van der Waals surface area contributed by atoms with Gasteiger partial charge in [0.05, 0.1) is 6.61 Å². The summed E-state index contributed by atoms with van der Waals surface area (Å²) in [5.74, 6) is -0.882. The smallest absolute Gasteiger partial charge is 0.370 e. The quantitative estimate of drug-likeness (QED) is 0.605. The average Bonchev–Trinajstić information content (AvgIpc) is 2.42. The minimum atomic E-state index is -0.970. The molecule has 58 valence electrons. The summed E-state index contributed by atoms with van der Waals surface area (Å²) in [7, 11) is 0. The van der Waals surface area contributed by atoms with E-state index in [0.29, 0.717) is 6.61 Å². The molecule has 10 heavy (non-hydrogen) atoms. The second-order valence-corrected chi connectivity index (χ2v) is 1.51. The van der Waals surface area contributed by atoms with E-state index in [0.717, 1.165) is 6.42 Å². The van der Waals surface area contributed by atoms with Crippen LogP contribution in [0.2, 0.25) is 0 Å². The van der Waals surface area contributed by atoms with Crippen LogP contribution in [0.15, 0.2) is 11.8 Å². The molecular formula is C7H12O3. The summed E-state index contributed by atoms with van der Waals surface area (Å²) in [6.07, 6.45) is 2.30. The number of rotatable bonds is 1. The minimum absolute atomic E-state index is 0.0880. The highest BCUT2D eigenvalue weighted by Crippen LogP contribution is 2.07. The van der Waals surface area contributed by atoms with Crippen LogP contribution in [-0.4, -0.2) is 17.7 Å². The first-order chi connectivity index (χ1) is 4.80. The second kappa shape index (κ2) is 4.85. The van der Waals surface area contributed by atoms with Gasteiger partial charge in [0.1, 0.15) is 0 Å². The lowest BCUT2D eigenvalue weighted by Crippen LogP contribution is -1.99. The molecule has 0 aromatic carbocycles. The first kappa shape index (κ1) is 9.01. The monoisotopic (exact) mass is 144 g/mol. The van der Waals surface area contributed by atoms with Gasteiger partial charge in [-0.3, -0.25) is 0 Å². The summed E-state index contributed by atoms with van der Waals surface area (Å²) in [5, 5.41) is 8.22. The van der Waals surface area contributed by atoms with Crippen molar-refractivity contribution in [3.8, 4) is 0 Å². The normalized spacial score (nSPS) is 14.4. The van der Waals surface area contributed by atoms with E-state index in [1.807, 2.05) is 13.8 Å². The molecule has 1 aliphatic heterocycles. The van der Waals surface area contributed by atoms with Crippen LogP contribution in [0.5, 0.6) is 0 Å². The standard InChI is InChI=1S/C5H6O3.C2H6/c6-5(7)4-2-1-3-8-4;1-2/h2H,1,3H2,(H,6,7);1-2H3. The van der Waals surface area contributed by atoms with E-state index in [2.05, 4.69) is 4.74 Å². The lowest BCUT2D eigenvalue weighted by Gasteiger charge is -1.92. The predicted octanol–water partition coefficient (Wildman–Crippen LogP) is 1.40. The molecule has 1 rings (SSSR count). The molecule has 0 radical (unpaired) electrons. The maximum Gasteiger partial charge on any atom is 0.370 e. The molecular weight excluding hydrogens is 132 g/mol. The van der Waals surface area contributed by atoms with Crippen molar-refractivity contribution in [1.29, 1.82) is 0 Å². The van der Waals surface area contributed by atoms with Crippen molar-refractivity contribution in [3.05, 3.63) is 11.8 Å². The van der Waals surface area contributed by atoms with Crippen molar-refractivity contribution in [2.45, 2.75) is 20.3 Å². The molecule has 3 nitrogen and oxygen atoms in total. The zero-order valence-corrected chi connectivity index (χ0v) is 6.26. The number of hydrogen-bond donors (Lipinski definition) is 1. The van der Waals surface area contributed by atoms with Gasteiger partial charge in [0.2, 0.25) is 5.76 Å². The number of carboxylic acids is 1. The van der Waals surface area contributed by atoms with Gasteiger partial charge in [-0.15, -0.1) is 0 Å². The molecule has 3 heteroatoms. The molecule has 0 saturated heterocycles. The van der Waals surface area contributed by atoms with Crippen LogP contribution < -0.4 is 0 Å². The Labute approximate surface area is 60.3 Å². The zero-order chi connectivity index (χ0) is 7.98. The Morgan fingerprint density at radius 1 is 1.70 bits per heavy atom. The van der Waals surface area contributed by atoms with Crippen molar-refractivity contribution < 1.29 is 14.6 Å². The number of aliphatic carboxylic acids is 1. The van der Waals surface area contributed by atoms with Gasteiger partial charge in [-0.25, -0.2) is 4.79 Å². The summed E-state index contributed by atoms with van der Waals surface area (Å²) >= 11 is 0. The fraction of sp³-hybridized carbons (Fsp3) is 0.571. The molecule has 0 aromatic heterocycles. The molecule has 1 heterocycles. The van der Waals surface area contributed by atoms with Gasteiger partial charge in [0.15, 0.2) is 0 Å². The van der Waals surface area contributed by atoms with Crippen molar-refractivity contribution in [1.82, 2.24) is 0 Å². The molecule has 0 amide bonds. The Kier molecular flexibility index (Phi) is 4.37. The fourth-order valence-electron chi connectivity index (χ4n) is 0.567. The van der Waals surface area contributed by atoms with Crippen LogP contribution in [-0.2, 0) is 9.53 Å². The molecule has 0 spiro atoms. The fourth-order valence-corrected chi connectivity index (χ4v) is 0.567.